The van der Waals surface area contributed by atoms with E-state index in [1.165, 1.54) is 23.5 Å². The lowest BCUT2D eigenvalue weighted by atomic mass is 10.2. The minimum Gasteiger partial charge on any atom is -0.452 e. The Morgan fingerprint density at radius 3 is 2.87 bits per heavy atom. The van der Waals surface area contributed by atoms with Crippen molar-refractivity contribution in [3.63, 3.8) is 0 Å². The molecule has 0 aliphatic rings. The van der Waals surface area contributed by atoms with Crippen molar-refractivity contribution >= 4 is 40.2 Å². The first kappa shape index (κ1) is 19.5. The Morgan fingerprint density at radius 1 is 1.27 bits per heavy atom. The number of hydrogen-bond donors (Lipinski definition) is 1. The number of pyridine rings is 1. The quantitative estimate of drug-likeness (QED) is 0.487. The molecule has 0 atom stereocenters. The summed E-state index contributed by atoms with van der Waals surface area (Å²) < 4.78 is 8.24. The molecule has 4 aromatic rings. The number of halogens is 1. The predicted octanol–water partition coefficient (Wildman–Crippen LogP) is 2.31. The van der Waals surface area contributed by atoms with E-state index in [2.05, 4.69) is 25.5 Å². The van der Waals surface area contributed by atoms with Crippen molar-refractivity contribution in [2.24, 2.45) is 7.05 Å². The van der Waals surface area contributed by atoms with Crippen LogP contribution < -0.4 is 5.32 Å². The highest BCUT2D eigenvalue weighted by Gasteiger charge is 2.16. The molecule has 0 aliphatic heterocycles. The number of ether oxygens (including phenoxy) is 1. The molecule has 0 fully saturated rings. The second-order valence-corrected chi connectivity index (χ2v) is 6.87. The zero-order chi connectivity index (χ0) is 21.3. The van der Waals surface area contributed by atoms with Gasteiger partial charge in [-0.3, -0.25) is 9.48 Å². The number of carbonyl (C=O) groups is 2. The van der Waals surface area contributed by atoms with Crippen LogP contribution in [0.1, 0.15) is 16.1 Å². The van der Waals surface area contributed by atoms with Gasteiger partial charge in [-0.15, -0.1) is 0 Å². The van der Waals surface area contributed by atoms with Crippen molar-refractivity contribution in [1.29, 1.82) is 0 Å². The summed E-state index contributed by atoms with van der Waals surface area (Å²) in [6.45, 7) is 1.34. The topological polar surface area (TPSA) is 117 Å². The fourth-order valence-electron chi connectivity index (χ4n) is 2.96. The first-order valence-electron chi connectivity index (χ1n) is 8.83. The van der Waals surface area contributed by atoms with Gasteiger partial charge in [0.25, 0.3) is 5.91 Å². The lowest BCUT2D eigenvalue weighted by Crippen LogP contribution is -2.22. The molecule has 0 bridgehead atoms. The van der Waals surface area contributed by atoms with Crippen LogP contribution in [0.3, 0.4) is 0 Å². The molecule has 3 aromatic heterocycles. The lowest BCUT2D eigenvalue weighted by Gasteiger charge is -2.11. The van der Waals surface area contributed by atoms with Crippen molar-refractivity contribution in [3.05, 3.63) is 59.4 Å². The van der Waals surface area contributed by atoms with Gasteiger partial charge in [0.2, 0.25) is 0 Å². The molecule has 1 amide bonds. The number of nitrogens with zero attached hydrogens (tertiary/aromatic N) is 6. The number of hydrogen-bond acceptors (Lipinski definition) is 7. The highest BCUT2D eigenvalue weighted by atomic mass is 35.5. The van der Waals surface area contributed by atoms with E-state index >= 15 is 0 Å². The minimum absolute atomic E-state index is 0.234. The molecule has 0 saturated carbocycles. The van der Waals surface area contributed by atoms with E-state index < -0.39 is 18.5 Å². The van der Waals surface area contributed by atoms with Crippen LogP contribution in [-0.2, 0) is 16.6 Å². The van der Waals surface area contributed by atoms with Gasteiger partial charge in [-0.2, -0.15) is 10.2 Å². The first-order chi connectivity index (χ1) is 14.4. The smallest absolute Gasteiger partial charge is 0.340 e. The maximum absolute atomic E-state index is 12.4. The Balaban J connectivity index is 1.45. The SMILES string of the molecule is Cc1nn(C)c2ncc(C(=O)OCC(=O)Nc3cc(Cl)ccc3-n3cncn3)cc12. The summed E-state index contributed by atoms with van der Waals surface area (Å²) in [7, 11) is 1.77. The largest absolute Gasteiger partial charge is 0.452 e. The number of fused-ring (bicyclic) bond motifs is 1. The Labute approximate surface area is 175 Å². The van der Waals surface area contributed by atoms with E-state index in [4.69, 9.17) is 16.3 Å². The van der Waals surface area contributed by atoms with Crippen molar-refractivity contribution < 1.29 is 14.3 Å². The average Bonchev–Trinajstić information content (AvgIpc) is 3.35. The Hall–Kier alpha value is -3.79. The van der Waals surface area contributed by atoms with Crippen LogP contribution in [0.25, 0.3) is 16.7 Å². The Kier molecular flexibility index (Phi) is 5.15. The third-order valence-electron chi connectivity index (χ3n) is 4.33. The van der Waals surface area contributed by atoms with Crippen LogP contribution in [0.2, 0.25) is 5.02 Å². The maximum Gasteiger partial charge on any atom is 0.340 e. The van der Waals surface area contributed by atoms with Gasteiger partial charge in [0.15, 0.2) is 12.3 Å². The summed E-state index contributed by atoms with van der Waals surface area (Å²) in [5, 5.41) is 12.1. The molecule has 4 rings (SSSR count). The molecule has 0 unspecified atom stereocenters. The highest BCUT2D eigenvalue weighted by molar-refractivity contribution is 6.31. The molecule has 0 spiro atoms. The normalized spacial score (nSPS) is 10.9. The number of anilines is 1. The molecule has 152 valence electrons. The van der Waals surface area contributed by atoms with Gasteiger partial charge in [0, 0.05) is 23.7 Å². The van der Waals surface area contributed by atoms with Crippen molar-refractivity contribution in [2.75, 3.05) is 11.9 Å². The van der Waals surface area contributed by atoms with E-state index in [0.717, 1.165) is 11.1 Å². The number of amides is 1. The molecule has 10 nitrogen and oxygen atoms in total. The maximum atomic E-state index is 12.4. The summed E-state index contributed by atoms with van der Waals surface area (Å²) >= 11 is 6.04. The van der Waals surface area contributed by atoms with Crippen LogP contribution in [-0.4, -0.2) is 48.0 Å². The van der Waals surface area contributed by atoms with Gasteiger partial charge in [-0.1, -0.05) is 11.6 Å². The van der Waals surface area contributed by atoms with Crippen molar-refractivity contribution in [2.45, 2.75) is 6.92 Å². The second kappa shape index (κ2) is 7.91. The molecule has 1 N–H and O–H groups in total. The zero-order valence-corrected chi connectivity index (χ0v) is 16.8. The average molecular weight is 426 g/mol. The van der Waals surface area contributed by atoms with Gasteiger partial charge in [-0.25, -0.2) is 19.4 Å². The molecule has 3 heterocycles. The Bertz CT molecular complexity index is 1250. The molecule has 0 radical (unpaired) electrons. The number of nitrogens with one attached hydrogen (secondary N) is 1. The van der Waals surface area contributed by atoms with Crippen LogP contribution in [0, 0.1) is 6.92 Å². The van der Waals surface area contributed by atoms with Gasteiger partial charge in [-0.05, 0) is 31.2 Å². The second-order valence-electron chi connectivity index (χ2n) is 6.43. The fourth-order valence-corrected chi connectivity index (χ4v) is 3.13. The lowest BCUT2D eigenvalue weighted by molar-refractivity contribution is -0.119. The summed E-state index contributed by atoms with van der Waals surface area (Å²) in [4.78, 5) is 32.8. The summed E-state index contributed by atoms with van der Waals surface area (Å²) in [6, 6.07) is 6.57. The number of carbonyl (C=O) groups excluding carboxylic acids is 2. The van der Waals surface area contributed by atoms with Crippen molar-refractivity contribution in [3.8, 4) is 5.69 Å². The van der Waals surface area contributed by atoms with Gasteiger partial charge >= 0.3 is 5.97 Å². The standard InChI is InChI=1S/C19H16ClN7O3/c1-11-14-5-12(7-22-18(14)26(2)25-11)19(29)30-8-17(28)24-15-6-13(20)3-4-16(15)27-10-21-9-23-27/h3-7,9-10H,8H2,1-2H3,(H,24,28). The summed E-state index contributed by atoms with van der Waals surface area (Å²) in [5.74, 6) is -1.19. The van der Waals surface area contributed by atoms with Crippen molar-refractivity contribution in [1.82, 2.24) is 29.5 Å². The van der Waals surface area contributed by atoms with Crippen LogP contribution >= 0.6 is 11.6 Å². The number of esters is 1. The molecule has 11 heteroatoms. The molecular formula is C19H16ClN7O3. The number of aromatic nitrogens is 6. The summed E-state index contributed by atoms with van der Waals surface area (Å²) in [5.41, 5.74) is 2.61. The number of rotatable bonds is 5. The predicted molar refractivity (Wildman–Crippen MR) is 109 cm³/mol. The third kappa shape index (κ3) is 3.85. The Morgan fingerprint density at radius 2 is 2.10 bits per heavy atom. The first-order valence-corrected chi connectivity index (χ1v) is 9.21. The van der Waals surface area contributed by atoms with E-state index in [1.807, 2.05) is 6.92 Å². The molecule has 30 heavy (non-hydrogen) atoms. The van der Waals surface area contributed by atoms with Gasteiger partial charge in [0.1, 0.15) is 12.7 Å². The fraction of sp³-hybridized carbons (Fsp3) is 0.158. The van der Waals surface area contributed by atoms with E-state index in [9.17, 15) is 9.59 Å². The highest BCUT2D eigenvalue weighted by Crippen LogP contribution is 2.24. The van der Waals surface area contributed by atoms with Crippen LogP contribution in [0.4, 0.5) is 5.69 Å². The van der Waals surface area contributed by atoms with Crippen LogP contribution in [0.15, 0.2) is 43.1 Å². The van der Waals surface area contributed by atoms with E-state index in [1.54, 1.807) is 36.0 Å². The summed E-state index contributed by atoms with van der Waals surface area (Å²) in [6.07, 6.45) is 4.25. The molecule has 0 aliphatic carbocycles. The minimum atomic E-state index is -0.662. The van der Waals surface area contributed by atoms with Gasteiger partial charge < -0.3 is 10.1 Å². The van der Waals surface area contributed by atoms with E-state index in [0.29, 0.717) is 22.0 Å². The monoisotopic (exact) mass is 425 g/mol. The molecule has 1 aromatic carbocycles. The third-order valence-corrected chi connectivity index (χ3v) is 4.57. The zero-order valence-electron chi connectivity index (χ0n) is 16.0. The number of aryl methyl sites for hydroxylation is 2. The van der Waals surface area contributed by atoms with Gasteiger partial charge in [0.05, 0.1) is 22.6 Å². The van der Waals surface area contributed by atoms with E-state index in [-0.39, 0.29) is 5.56 Å². The number of benzene rings is 1. The van der Waals surface area contributed by atoms with Crippen LogP contribution in [0.5, 0.6) is 0 Å². The molecular weight excluding hydrogens is 410 g/mol. The molecule has 0 saturated heterocycles.